The molecule has 0 radical (unpaired) electrons. The first kappa shape index (κ1) is 28.1. The van der Waals surface area contributed by atoms with Gasteiger partial charge in [0.15, 0.2) is 11.5 Å². The van der Waals surface area contributed by atoms with E-state index in [2.05, 4.69) is 4.98 Å². The number of thioether (sulfide) groups is 1. The summed E-state index contributed by atoms with van der Waals surface area (Å²) < 4.78 is 11.9. The number of methoxy groups -OCH3 is 1. The topological polar surface area (TPSA) is 132 Å². The van der Waals surface area contributed by atoms with Gasteiger partial charge in [0.25, 0.3) is 5.69 Å². The molecule has 8 rings (SSSR count). The lowest BCUT2D eigenvalue weighted by Crippen LogP contribution is -2.42. The number of non-ortho nitro benzene ring substituents is 1. The normalized spacial score (nSPS) is 27.7. The maximum absolute atomic E-state index is 14.0. The Morgan fingerprint density at radius 1 is 0.956 bits per heavy atom. The standard InChI is InChI=1S/C33H27N3O7S2/c1-42-23-13-17(7-12-22(23)43-15-16-5-3-2-4-6-16)24-25-20-14-21(28(25)44-30-29(24)45-33(39)34-30)27-26(20)31(37)35(32(27)38)18-8-10-19(11-9-18)36(40)41/h2-13,20-21,24-28H,14-15H2,1H3,(H,34,39)/t20-,21-,24?,25?,26?,27?,28?/m1/s1. The van der Waals surface area contributed by atoms with Gasteiger partial charge in [-0.15, -0.1) is 11.8 Å². The number of H-pyrrole nitrogens is 1. The highest BCUT2D eigenvalue weighted by molar-refractivity contribution is 8.00. The van der Waals surface area contributed by atoms with Crippen LogP contribution in [0.2, 0.25) is 0 Å². The fraction of sp³-hybridized carbons (Fsp3) is 0.303. The minimum Gasteiger partial charge on any atom is -0.493 e. The molecule has 228 valence electrons. The van der Waals surface area contributed by atoms with E-state index < -0.39 is 16.8 Å². The first-order valence-corrected chi connectivity index (χ1v) is 16.4. The van der Waals surface area contributed by atoms with Crippen LogP contribution < -0.4 is 19.2 Å². The third kappa shape index (κ3) is 4.33. The highest BCUT2D eigenvalue weighted by Crippen LogP contribution is 2.68. The average Bonchev–Trinajstić information content (AvgIpc) is 3.79. The van der Waals surface area contributed by atoms with Gasteiger partial charge in [0.2, 0.25) is 11.8 Å². The maximum atomic E-state index is 14.0. The van der Waals surface area contributed by atoms with E-state index in [1.807, 2.05) is 48.5 Å². The van der Waals surface area contributed by atoms with Crippen molar-refractivity contribution < 1.29 is 24.0 Å². The molecule has 2 saturated carbocycles. The largest absolute Gasteiger partial charge is 0.493 e. The number of nitro benzene ring substituents is 1. The lowest BCUT2D eigenvalue weighted by molar-refractivity contribution is -0.384. The molecule has 2 amide bonds. The molecule has 3 heterocycles. The number of nitro groups is 1. The number of fused-ring (bicyclic) bond motifs is 9. The second-order valence-corrected chi connectivity index (χ2v) is 14.1. The first-order valence-electron chi connectivity index (χ1n) is 14.7. The van der Waals surface area contributed by atoms with Gasteiger partial charge >= 0.3 is 4.87 Å². The third-order valence-electron chi connectivity index (χ3n) is 9.83. The Balaban J connectivity index is 1.14. The Hall–Kier alpha value is -4.42. The van der Waals surface area contributed by atoms with Crippen LogP contribution in [0.25, 0.3) is 0 Å². The number of ether oxygens (including phenoxy) is 2. The molecule has 3 aromatic carbocycles. The van der Waals surface area contributed by atoms with Crippen LogP contribution in [0.5, 0.6) is 11.5 Å². The summed E-state index contributed by atoms with van der Waals surface area (Å²) in [5.41, 5.74) is 2.26. The average molecular weight is 642 g/mol. The summed E-state index contributed by atoms with van der Waals surface area (Å²) in [4.78, 5) is 56.2. The Kier molecular flexibility index (Phi) is 6.61. The van der Waals surface area contributed by atoms with Crippen molar-refractivity contribution in [2.24, 2.45) is 29.6 Å². The summed E-state index contributed by atoms with van der Waals surface area (Å²) in [6.07, 6.45) is 0.758. The van der Waals surface area contributed by atoms with E-state index in [0.717, 1.165) is 27.5 Å². The molecule has 4 aliphatic rings. The van der Waals surface area contributed by atoms with Crippen LogP contribution in [-0.2, 0) is 16.2 Å². The SMILES string of the molecule is COc1cc(C2c3sc(=O)[nH]c3SC3C2[C@H]2C[C@@H]3C3C(=O)N(c4ccc([N+](=O)[O-])cc4)C(=O)C32)ccc1OCc1ccccc1. The second kappa shape index (κ2) is 10.6. The van der Waals surface area contributed by atoms with E-state index >= 15 is 0 Å². The smallest absolute Gasteiger partial charge is 0.305 e. The number of hydrogen-bond acceptors (Lipinski definition) is 9. The van der Waals surface area contributed by atoms with Crippen molar-refractivity contribution in [2.45, 2.75) is 29.2 Å². The zero-order chi connectivity index (χ0) is 31.0. The minimum atomic E-state index is -0.506. The van der Waals surface area contributed by atoms with Gasteiger partial charge in [0.05, 0.1) is 34.6 Å². The molecule has 7 atom stereocenters. The van der Waals surface area contributed by atoms with Crippen molar-refractivity contribution in [3.05, 3.63) is 109 Å². The van der Waals surface area contributed by atoms with Gasteiger partial charge in [0, 0.05) is 28.2 Å². The Morgan fingerprint density at radius 2 is 1.69 bits per heavy atom. The molecule has 1 aromatic heterocycles. The van der Waals surface area contributed by atoms with Crippen LogP contribution in [0.3, 0.4) is 0 Å². The third-order valence-corrected chi connectivity index (χ3v) is 12.4. The number of nitrogens with one attached hydrogen (secondary N) is 1. The monoisotopic (exact) mass is 641 g/mol. The zero-order valence-electron chi connectivity index (χ0n) is 24.0. The van der Waals surface area contributed by atoms with Gasteiger partial charge in [-0.05, 0) is 59.6 Å². The van der Waals surface area contributed by atoms with Crippen molar-refractivity contribution >= 4 is 46.3 Å². The van der Waals surface area contributed by atoms with Crippen molar-refractivity contribution in [1.82, 2.24) is 4.98 Å². The lowest BCUT2D eigenvalue weighted by Gasteiger charge is -2.43. The number of thiazole rings is 1. The molecule has 0 spiro atoms. The van der Waals surface area contributed by atoms with E-state index in [1.54, 1.807) is 18.9 Å². The fourth-order valence-corrected chi connectivity index (χ4v) is 11.0. The molecule has 2 bridgehead atoms. The highest BCUT2D eigenvalue weighted by atomic mass is 32.2. The number of aromatic amines is 1. The summed E-state index contributed by atoms with van der Waals surface area (Å²) >= 11 is 2.83. The molecule has 2 aliphatic heterocycles. The summed E-state index contributed by atoms with van der Waals surface area (Å²) in [5, 5.41) is 12.0. The van der Waals surface area contributed by atoms with Crippen LogP contribution >= 0.6 is 23.1 Å². The number of rotatable bonds is 7. The number of anilines is 1. The lowest BCUT2D eigenvalue weighted by atomic mass is 9.68. The number of amides is 2. The summed E-state index contributed by atoms with van der Waals surface area (Å²) in [5.74, 6) is -0.475. The first-order chi connectivity index (χ1) is 21.8. The van der Waals surface area contributed by atoms with Crippen LogP contribution in [-0.4, -0.2) is 34.1 Å². The number of hydrogen-bond donors (Lipinski definition) is 1. The van der Waals surface area contributed by atoms with Gasteiger partial charge in [-0.25, -0.2) is 0 Å². The molecule has 2 aliphatic carbocycles. The van der Waals surface area contributed by atoms with Crippen LogP contribution in [0, 0.1) is 39.7 Å². The molecular weight excluding hydrogens is 615 g/mol. The quantitative estimate of drug-likeness (QED) is 0.157. The molecule has 1 N–H and O–H groups in total. The number of carbonyl (C=O) groups is 2. The molecule has 5 unspecified atom stereocenters. The Morgan fingerprint density at radius 3 is 2.40 bits per heavy atom. The number of aromatic nitrogens is 1. The number of nitrogens with zero attached hydrogens (tertiary/aromatic N) is 2. The van der Waals surface area contributed by atoms with Gasteiger partial charge in [-0.2, -0.15) is 0 Å². The van der Waals surface area contributed by atoms with Crippen LogP contribution in [0.15, 0.2) is 82.6 Å². The van der Waals surface area contributed by atoms with Gasteiger partial charge in [-0.3, -0.25) is 29.4 Å². The number of benzene rings is 3. The van der Waals surface area contributed by atoms with E-state index in [1.165, 1.54) is 40.5 Å². The molecule has 45 heavy (non-hydrogen) atoms. The summed E-state index contributed by atoms with van der Waals surface area (Å²) in [7, 11) is 1.60. The predicted molar refractivity (Wildman–Crippen MR) is 168 cm³/mol. The number of imide groups is 1. The maximum Gasteiger partial charge on any atom is 0.305 e. The Bertz CT molecular complexity index is 1910. The van der Waals surface area contributed by atoms with Crippen LogP contribution in [0.4, 0.5) is 11.4 Å². The van der Waals surface area contributed by atoms with E-state index in [9.17, 15) is 24.5 Å². The van der Waals surface area contributed by atoms with Crippen molar-refractivity contribution in [1.29, 1.82) is 0 Å². The minimum absolute atomic E-state index is 0.0227. The van der Waals surface area contributed by atoms with E-state index in [4.69, 9.17) is 9.47 Å². The fourth-order valence-electron chi connectivity index (χ4n) is 8.10. The van der Waals surface area contributed by atoms with Gasteiger partial charge in [-0.1, -0.05) is 47.7 Å². The van der Waals surface area contributed by atoms with Crippen molar-refractivity contribution in [2.75, 3.05) is 12.0 Å². The number of carbonyl (C=O) groups excluding carboxylic acids is 2. The molecular formula is C33H27N3O7S2. The van der Waals surface area contributed by atoms with Crippen LogP contribution in [0.1, 0.15) is 28.3 Å². The van der Waals surface area contributed by atoms with Gasteiger partial charge < -0.3 is 14.5 Å². The summed E-state index contributed by atoms with van der Waals surface area (Å²) in [6, 6.07) is 21.3. The van der Waals surface area contributed by atoms with Crippen molar-refractivity contribution in [3.63, 3.8) is 0 Å². The predicted octanol–water partition coefficient (Wildman–Crippen LogP) is 5.61. The van der Waals surface area contributed by atoms with E-state index in [-0.39, 0.29) is 51.3 Å². The highest BCUT2D eigenvalue weighted by Gasteiger charge is 2.69. The molecule has 10 nitrogen and oxygen atoms in total. The zero-order valence-corrected chi connectivity index (χ0v) is 25.6. The second-order valence-electron chi connectivity index (χ2n) is 11.9. The molecule has 4 aromatic rings. The summed E-state index contributed by atoms with van der Waals surface area (Å²) in [6.45, 7) is 0.388. The Labute approximate surface area is 265 Å². The molecule has 12 heteroatoms. The molecule has 1 saturated heterocycles. The van der Waals surface area contributed by atoms with Gasteiger partial charge in [0.1, 0.15) is 6.61 Å². The van der Waals surface area contributed by atoms with E-state index in [0.29, 0.717) is 23.8 Å². The molecule has 3 fully saturated rings. The van der Waals surface area contributed by atoms with Crippen molar-refractivity contribution in [3.8, 4) is 11.5 Å².